The predicted molar refractivity (Wildman–Crippen MR) is 97.7 cm³/mol. The van der Waals surface area contributed by atoms with Crippen LogP contribution in [0.15, 0.2) is 24.8 Å². The summed E-state index contributed by atoms with van der Waals surface area (Å²) in [7, 11) is 2.34. The van der Waals surface area contributed by atoms with Gasteiger partial charge in [0.25, 0.3) is 0 Å². The van der Waals surface area contributed by atoms with Crippen molar-refractivity contribution < 1.29 is 33.4 Å². The number of alkyl carbamates (subject to hydrolysis) is 1. The maximum Gasteiger partial charge on any atom is 0.408 e. The van der Waals surface area contributed by atoms with Crippen LogP contribution < -0.4 is 10.6 Å². The molecule has 0 unspecified atom stereocenters. The SMILES string of the molecule is C=CC(=C)[C@H](NC(=O)CC[C@H](NC(=O)OC(C)(C)C)C(=O)OC)C(=O)OC. The molecular weight excluding hydrogens is 356 g/mol. The first-order valence-electron chi connectivity index (χ1n) is 8.21. The lowest BCUT2D eigenvalue weighted by atomic mass is 10.1. The van der Waals surface area contributed by atoms with Crippen LogP contribution >= 0.6 is 0 Å². The Morgan fingerprint density at radius 2 is 1.59 bits per heavy atom. The lowest BCUT2D eigenvalue weighted by Gasteiger charge is -2.22. The molecule has 0 saturated carbocycles. The topological polar surface area (TPSA) is 120 Å². The Morgan fingerprint density at radius 1 is 1.04 bits per heavy atom. The molecule has 0 aromatic carbocycles. The van der Waals surface area contributed by atoms with Gasteiger partial charge in [-0.25, -0.2) is 14.4 Å². The van der Waals surface area contributed by atoms with Crippen molar-refractivity contribution in [3.63, 3.8) is 0 Å². The summed E-state index contributed by atoms with van der Waals surface area (Å²) in [6.45, 7) is 12.1. The molecule has 0 saturated heterocycles. The number of methoxy groups -OCH3 is 2. The van der Waals surface area contributed by atoms with Gasteiger partial charge < -0.3 is 24.8 Å². The second-order valence-electron chi connectivity index (χ2n) is 6.56. The van der Waals surface area contributed by atoms with E-state index in [0.717, 1.165) is 7.11 Å². The summed E-state index contributed by atoms with van der Waals surface area (Å²) < 4.78 is 14.3. The van der Waals surface area contributed by atoms with Crippen molar-refractivity contribution in [2.24, 2.45) is 0 Å². The zero-order chi connectivity index (χ0) is 21.2. The second kappa shape index (κ2) is 11.0. The number of carbonyl (C=O) groups excluding carboxylic acids is 4. The summed E-state index contributed by atoms with van der Waals surface area (Å²) in [6, 6.07) is -2.18. The van der Waals surface area contributed by atoms with E-state index in [0.29, 0.717) is 0 Å². The Bertz CT molecular complexity index is 593. The van der Waals surface area contributed by atoms with Crippen LogP contribution in [0.5, 0.6) is 0 Å². The number of rotatable bonds is 9. The van der Waals surface area contributed by atoms with Crippen LogP contribution in [0.1, 0.15) is 33.6 Å². The van der Waals surface area contributed by atoms with Gasteiger partial charge in [0.1, 0.15) is 11.6 Å². The highest BCUT2D eigenvalue weighted by atomic mass is 16.6. The number of ether oxygens (including phenoxy) is 3. The zero-order valence-corrected chi connectivity index (χ0v) is 16.4. The third-order valence-corrected chi connectivity index (χ3v) is 3.21. The van der Waals surface area contributed by atoms with Gasteiger partial charge in [0.05, 0.1) is 14.2 Å². The van der Waals surface area contributed by atoms with E-state index in [2.05, 4.69) is 33.3 Å². The summed E-state index contributed by atoms with van der Waals surface area (Å²) >= 11 is 0. The second-order valence-corrected chi connectivity index (χ2v) is 6.56. The van der Waals surface area contributed by atoms with Gasteiger partial charge in [0.2, 0.25) is 5.91 Å². The van der Waals surface area contributed by atoms with E-state index in [4.69, 9.17) is 4.74 Å². The normalized spacial score (nSPS) is 12.8. The van der Waals surface area contributed by atoms with Gasteiger partial charge in [-0.3, -0.25) is 4.79 Å². The molecule has 2 atom stereocenters. The third-order valence-electron chi connectivity index (χ3n) is 3.21. The van der Waals surface area contributed by atoms with Gasteiger partial charge >= 0.3 is 18.0 Å². The van der Waals surface area contributed by atoms with Crippen LogP contribution in [0.3, 0.4) is 0 Å². The van der Waals surface area contributed by atoms with E-state index >= 15 is 0 Å². The molecule has 0 fully saturated rings. The Morgan fingerprint density at radius 3 is 2.04 bits per heavy atom. The monoisotopic (exact) mass is 384 g/mol. The molecule has 0 aromatic rings. The largest absolute Gasteiger partial charge is 0.467 e. The Hall–Kier alpha value is -2.84. The minimum atomic E-state index is -1.09. The molecule has 0 aliphatic rings. The highest BCUT2D eigenvalue weighted by Crippen LogP contribution is 2.09. The fourth-order valence-electron chi connectivity index (χ4n) is 1.89. The highest BCUT2D eigenvalue weighted by Gasteiger charge is 2.27. The van der Waals surface area contributed by atoms with Crippen molar-refractivity contribution in [1.29, 1.82) is 0 Å². The number of esters is 2. The molecule has 27 heavy (non-hydrogen) atoms. The molecule has 2 amide bonds. The summed E-state index contributed by atoms with van der Waals surface area (Å²) in [5.41, 5.74) is -0.493. The van der Waals surface area contributed by atoms with Gasteiger partial charge in [0, 0.05) is 6.42 Å². The molecule has 152 valence electrons. The summed E-state index contributed by atoms with van der Waals surface area (Å²) in [4.78, 5) is 47.5. The standard InChI is InChI=1S/C18H28N2O7/c1-8-11(2)14(16(23)26-7)20-13(21)10-9-12(15(22)25-6)19-17(24)27-18(3,4)5/h8,12,14H,1-2,9-10H2,3-7H3,(H,19,24)(H,20,21)/t12-,14-/m0/s1. The number of amides is 2. The van der Waals surface area contributed by atoms with Crippen molar-refractivity contribution in [2.75, 3.05) is 14.2 Å². The van der Waals surface area contributed by atoms with Gasteiger partial charge in [-0.1, -0.05) is 19.2 Å². The molecule has 2 N–H and O–H groups in total. The first-order chi connectivity index (χ1) is 12.4. The summed E-state index contributed by atoms with van der Waals surface area (Å²) in [5, 5.41) is 4.80. The number of hydrogen-bond acceptors (Lipinski definition) is 7. The molecule has 0 aromatic heterocycles. The highest BCUT2D eigenvalue weighted by molar-refractivity contribution is 5.88. The number of carbonyl (C=O) groups is 4. The Labute approximate surface area is 159 Å². The van der Waals surface area contributed by atoms with E-state index in [1.54, 1.807) is 20.8 Å². The first kappa shape index (κ1) is 24.2. The lowest BCUT2D eigenvalue weighted by molar-refractivity contribution is -0.145. The molecule has 0 heterocycles. The van der Waals surface area contributed by atoms with Crippen molar-refractivity contribution in [3.8, 4) is 0 Å². The van der Waals surface area contributed by atoms with Crippen molar-refractivity contribution in [1.82, 2.24) is 10.6 Å². The Balaban J connectivity index is 4.90. The maximum atomic E-state index is 12.1. The number of nitrogens with one attached hydrogen (secondary N) is 2. The maximum absolute atomic E-state index is 12.1. The van der Waals surface area contributed by atoms with Gasteiger partial charge in [-0.2, -0.15) is 0 Å². The molecule has 0 bridgehead atoms. The van der Waals surface area contributed by atoms with Crippen LogP contribution in [-0.2, 0) is 28.6 Å². The van der Waals surface area contributed by atoms with Crippen LogP contribution in [0.4, 0.5) is 4.79 Å². The fourth-order valence-corrected chi connectivity index (χ4v) is 1.89. The first-order valence-corrected chi connectivity index (χ1v) is 8.21. The summed E-state index contributed by atoms with van der Waals surface area (Å²) in [5.74, 6) is -1.98. The Kier molecular flexibility index (Phi) is 9.84. The lowest BCUT2D eigenvalue weighted by Crippen LogP contribution is -2.46. The molecule has 0 radical (unpaired) electrons. The minimum absolute atomic E-state index is 0.0633. The average Bonchev–Trinajstić information content (AvgIpc) is 2.59. The zero-order valence-electron chi connectivity index (χ0n) is 16.4. The van der Waals surface area contributed by atoms with E-state index < -0.39 is 41.6 Å². The molecular formula is C18H28N2O7. The van der Waals surface area contributed by atoms with Gasteiger partial charge in [-0.15, -0.1) is 0 Å². The van der Waals surface area contributed by atoms with E-state index in [1.807, 2.05) is 0 Å². The molecule has 0 rings (SSSR count). The molecule has 9 heteroatoms. The molecule has 0 aliphatic carbocycles. The third kappa shape index (κ3) is 9.43. The van der Waals surface area contributed by atoms with E-state index in [9.17, 15) is 19.2 Å². The van der Waals surface area contributed by atoms with E-state index in [-0.39, 0.29) is 18.4 Å². The van der Waals surface area contributed by atoms with Crippen molar-refractivity contribution >= 4 is 23.9 Å². The summed E-state index contributed by atoms with van der Waals surface area (Å²) in [6.07, 6.45) is 0.272. The predicted octanol–water partition coefficient (Wildman–Crippen LogP) is 1.23. The van der Waals surface area contributed by atoms with Crippen molar-refractivity contribution in [2.45, 2.75) is 51.3 Å². The molecule has 9 nitrogen and oxygen atoms in total. The minimum Gasteiger partial charge on any atom is -0.467 e. The smallest absolute Gasteiger partial charge is 0.408 e. The van der Waals surface area contributed by atoms with Crippen molar-refractivity contribution in [3.05, 3.63) is 24.8 Å². The van der Waals surface area contributed by atoms with E-state index in [1.165, 1.54) is 13.2 Å². The number of hydrogen-bond donors (Lipinski definition) is 2. The van der Waals surface area contributed by atoms with Gasteiger partial charge in [0.15, 0.2) is 6.04 Å². The van der Waals surface area contributed by atoms with Crippen LogP contribution in [0.2, 0.25) is 0 Å². The average molecular weight is 384 g/mol. The van der Waals surface area contributed by atoms with Crippen LogP contribution in [-0.4, -0.2) is 55.8 Å². The molecule has 0 aliphatic heterocycles. The molecule has 0 spiro atoms. The fraction of sp³-hybridized carbons (Fsp3) is 0.556. The quantitative estimate of drug-likeness (QED) is 0.348. The van der Waals surface area contributed by atoms with Crippen LogP contribution in [0, 0.1) is 0 Å². The van der Waals surface area contributed by atoms with Crippen LogP contribution in [0.25, 0.3) is 0 Å². The van der Waals surface area contributed by atoms with Gasteiger partial charge in [-0.05, 0) is 32.8 Å².